The molecule has 0 radical (unpaired) electrons. The molecule has 0 atom stereocenters. The van der Waals surface area contributed by atoms with Crippen molar-refractivity contribution < 1.29 is 4.74 Å². The summed E-state index contributed by atoms with van der Waals surface area (Å²) < 4.78 is 8.42. The fraction of sp³-hybridized carbons (Fsp3) is 0.333. The molecule has 2 heterocycles. The van der Waals surface area contributed by atoms with E-state index in [9.17, 15) is 0 Å². The van der Waals surface area contributed by atoms with Gasteiger partial charge in [0, 0.05) is 25.0 Å². The smallest absolute Gasteiger partial charge is 0.165 e. The normalized spacial score (nSPS) is 10.8. The number of hydrogen-bond donors (Lipinski definition) is 0. The van der Waals surface area contributed by atoms with Crippen molar-refractivity contribution in [3.8, 4) is 11.5 Å². The molecule has 0 amide bonds. The lowest BCUT2D eigenvalue weighted by atomic mass is 10.2. The van der Waals surface area contributed by atoms with Crippen LogP contribution in [0.5, 0.6) is 11.5 Å². The Balaban J connectivity index is 2.09. The molecular weight excluding hydrogens is 282 g/mol. The predicted molar refractivity (Wildman–Crippen MR) is 69.1 cm³/mol. The second-order valence-corrected chi connectivity index (χ2v) is 5.05. The van der Waals surface area contributed by atoms with Crippen molar-refractivity contribution in [1.82, 2.24) is 14.8 Å². The van der Waals surface area contributed by atoms with Crippen molar-refractivity contribution in [3.05, 3.63) is 35.3 Å². The van der Waals surface area contributed by atoms with Gasteiger partial charge in [0.05, 0.1) is 16.9 Å². The zero-order valence-electron chi connectivity index (χ0n) is 9.80. The third kappa shape index (κ3) is 3.30. The van der Waals surface area contributed by atoms with Crippen LogP contribution < -0.4 is 4.74 Å². The van der Waals surface area contributed by atoms with Crippen molar-refractivity contribution >= 4 is 15.9 Å². The lowest BCUT2D eigenvalue weighted by Gasteiger charge is -2.05. The minimum Gasteiger partial charge on any atom is -0.453 e. The van der Waals surface area contributed by atoms with Crippen molar-refractivity contribution in [2.24, 2.45) is 5.92 Å². The maximum absolute atomic E-state index is 5.70. The van der Waals surface area contributed by atoms with Crippen molar-refractivity contribution in [2.75, 3.05) is 0 Å². The van der Waals surface area contributed by atoms with E-state index in [1.807, 2.05) is 16.9 Å². The number of hydrogen-bond acceptors (Lipinski definition) is 3. The average Bonchev–Trinajstić information content (AvgIpc) is 2.68. The molecule has 5 heteroatoms. The topological polar surface area (TPSA) is 39.9 Å². The van der Waals surface area contributed by atoms with Gasteiger partial charge in [-0.2, -0.15) is 5.10 Å². The highest BCUT2D eigenvalue weighted by atomic mass is 79.9. The van der Waals surface area contributed by atoms with Crippen molar-refractivity contribution in [2.45, 2.75) is 20.4 Å². The molecule has 90 valence electrons. The first-order valence-electron chi connectivity index (χ1n) is 5.45. The molecule has 0 N–H and O–H groups in total. The monoisotopic (exact) mass is 295 g/mol. The van der Waals surface area contributed by atoms with Crippen LogP contribution in [0.15, 0.2) is 35.3 Å². The molecule has 17 heavy (non-hydrogen) atoms. The van der Waals surface area contributed by atoms with E-state index in [2.05, 4.69) is 39.9 Å². The van der Waals surface area contributed by atoms with E-state index < -0.39 is 0 Å². The Labute approximate surface area is 109 Å². The summed E-state index contributed by atoms with van der Waals surface area (Å²) >= 11 is 3.39. The van der Waals surface area contributed by atoms with Crippen molar-refractivity contribution in [3.63, 3.8) is 0 Å². The predicted octanol–water partition coefficient (Wildman–Crippen LogP) is 3.49. The highest BCUT2D eigenvalue weighted by Crippen LogP contribution is 2.27. The number of rotatable bonds is 4. The molecule has 2 aromatic rings. The van der Waals surface area contributed by atoms with Gasteiger partial charge in [-0.1, -0.05) is 13.8 Å². The highest BCUT2D eigenvalue weighted by Gasteiger charge is 2.05. The van der Waals surface area contributed by atoms with Gasteiger partial charge >= 0.3 is 0 Å². The molecule has 0 aliphatic rings. The van der Waals surface area contributed by atoms with Crippen LogP contribution in [0.3, 0.4) is 0 Å². The lowest BCUT2D eigenvalue weighted by molar-refractivity contribution is 0.466. The molecule has 2 rings (SSSR count). The van der Waals surface area contributed by atoms with E-state index in [-0.39, 0.29) is 0 Å². The van der Waals surface area contributed by atoms with E-state index in [4.69, 9.17) is 4.74 Å². The van der Waals surface area contributed by atoms with Crippen LogP contribution in [0.25, 0.3) is 0 Å². The average molecular weight is 296 g/mol. The number of aromatic nitrogens is 3. The Hall–Kier alpha value is -1.36. The SMILES string of the molecule is CC(C)Cn1cc(Oc2ccncc2Br)cn1. The first-order chi connectivity index (χ1) is 8.15. The summed E-state index contributed by atoms with van der Waals surface area (Å²) in [6, 6.07) is 1.81. The standard InChI is InChI=1S/C12H14BrN3O/c1-9(2)7-16-8-10(5-15-16)17-12-3-4-14-6-11(12)13/h3-6,8-9H,7H2,1-2H3. The molecule has 0 aliphatic carbocycles. The molecule has 0 unspecified atom stereocenters. The van der Waals surface area contributed by atoms with Crippen LogP contribution in [0, 0.1) is 5.92 Å². The summed E-state index contributed by atoms with van der Waals surface area (Å²) in [5.74, 6) is 2.04. The Bertz CT molecular complexity index is 496. The largest absolute Gasteiger partial charge is 0.453 e. The summed E-state index contributed by atoms with van der Waals surface area (Å²) in [6.45, 7) is 5.20. The third-order valence-corrected chi connectivity index (χ3v) is 2.72. The maximum atomic E-state index is 5.70. The number of pyridine rings is 1. The van der Waals surface area contributed by atoms with E-state index in [1.165, 1.54) is 0 Å². The third-order valence-electron chi connectivity index (χ3n) is 2.12. The van der Waals surface area contributed by atoms with Gasteiger partial charge in [-0.15, -0.1) is 0 Å². The minimum atomic E-state index is 0.565. The number of nitrogens with zero attached hydrogens (tertiary/aromatic N) is 3. The Morgan fingerprint density at radius 2 is 2.24 bits per heavy atom. The molecule has 0 aromatic carbocycles. The van der Waals surface area contributed by atoms with E-state index >= 15 is 0 Å². The molecule has 0 saturated carbocycles. The van der Waals surface area contributed by atoms with Gasteiger partial charge in [-0.3, -0.25) is 9.67 Å². The van der Waals surface area contributed by atoms with Gasteiger partial charge in [0.15, 0.2) is 5.75 Å². The molecule has 0 fully saturated rings. The Morgan fingerprint density at radius 3 is 2.94 bits per heavy atom. The zero-order valence-corrected chi connectivity index (χ0v) is 11.4. The second kappa shape index (κ2) is 5.31. The van der Waals surface area contributed by atoms with Gasteiger partial charge in [-0.05, 0) is 21.8 Å². The molecule has 0 saturated heterocycles. The van der Waals surface area contributed by atoms with E-state index in [1.54, 1.807) is 18.6 Å². The fourth-order valence-corrected chi connectivity index (χ4v) is 1.77. The van der Waals surface area contributed by atoms with E-state index in [0.717, 1.165) is 22.5 Å². The van der Waals surface area contributed by atoms with Gasteiger partial charge in [0.25, 0.3) is 0 Å². The summed E-state index contributed by atoms with van der Waals surface area (Å²) in [4.78, 5) is 3.98. The zero-order chi connectivity index (χ0) is 12.3. The van der Waals surface area contributed by atoms with Gasteiger partial charge < -0.3 is 4.74 Å². The van der Waals surface area contributed by atoms with Crippen LogP contribution in [-0.2, 0) is 6.54 Å². The summed E-state index contributed by atoms with van der Waals surface area (Å²) in [6.07, 6.45) is 7.01. The first kappa shape index (κ1) is 12.1. The highest BCUT2D eigenvalue weighted by molar-refractivity contribution is 9.10. The lowest BCUT2D eigenvalue weighted by Crippen LogP contribution is -2.03. The summed E-state index contributed by atoms with van der Waals surface area (Å²) in [7, 11) is 0. The Kier molecular flexibility index (Phi) is 3.78. The Morgan fingerprint density at radius 1 is 1.41 bits per heavy atom. The summed E-state index contributed by atoms with van der Waals surface area (Å²) in [5.41, 5.74) is 0. The maximum Gasteiger partial charge on any atom is 0.165 e. The molecule has 2 aromatic heterocycles. The molecule has 4 nitrogen and oxygen atoms in total. The quantitative estimate of drug-likeness (QED) is 0.867. The van der Waals surface area contributed by atoms with Crippen LogP contribution in [0.1, 0.15) is 13.8 Å². The van der Waals surface area contributed by atoms with E-state index in [0.29, 0.717) is 5.92 Å². The summed E-state index contributed by atoms with van der Waals surface area (Å²) in [5, 5.41) is 4.24. The van der Waals surface area contributed by atoms with Crippen LogP contribution in [0.4, 0.5) is 0 Å². The van der Waals surface area contributed by atoms with Crippen LogP contribution >= 0.6 is 15.9 Å². The van der Waals surface area contributed by atoms with Crippen molar-refractivity contribution in [1.29, 1.82) is 0 Å². The van der Waals surface area contributed by atoms with Gasteiger partial charge in [-0.25, -0.2) is 0 Å². The number of ether oxygens (including phenoxy) is 1. The van der Waals surface area contributed by atoms with Gasteiger partial charge in [0.1, 0.15) is 5.75 Å². The number of halogens is 1. The molecule has 0 spiro atoms. The molecule has 0 bridgehead atoms. The second-order valence-electron chi connectivity index (χ2n) is 4.20. The van der Waals surface area contributed by atoms with Crippen LogP contribution in [0.2, 0.25) is 0 Å². The fourth-order valence-electron chi connectivity index (χ4n) is 1.44. The minimum absolute atomic E-state index is 0.565. The molecule has 0 aliphatic heterocycles. The van der Waals surface area contributed by atoms with Crippen LogP contribution in [-0.4, -0.2) is 14.8 Å². The first-order valence-corrected chi connectivity index (χ1v) is 6.24. The van der Waals surface area contributed by atoms with Gasteiger partial charge in [0.2, 0.25) is 0 Å². The molecular formula is C12H14BrN3O.